The van der Waals surface area contributed by atoms with Gasteiger partial charge in [0.15, 0.2) is 17.9 Å². The van der Waals surface area contributed by atoms with Crippen LogP contribution in [0.25, 0.3) is 0 Å². The third kappa shape index (κ3) is 46.9. The summed E-state index contributed by atoms with van der Waals surface area (Å²) in [5, 5.41) is 58.8. The second-order valence-corrected chi connectivity index (χ2v) is 29.1. The van der Waals surface area contributed by atoms with Gasteiger partial charge in [-0.3, -0.25) is 97.0 Å². The van der Waals surface area contributed by atoms with Gasteiger partial charge in [-0.25, -0.2) is 4.79 Å². The molecule has 1 unspecified atom stereocenters. The Hall–Kier alpha value is -10.7. The number of unbranched alkanes of at least 4 members (excludes halogenated alkanes) is 2. The minimum atomic E-state index is -1.97. The number of amides is 13. The largest absolute Gasteiger partial charge is 0.481 e. The average Bonchev–Trinajstić information content (AvgIpc) is 0.850. The lowest BCUT2D eigenvalue weighted by Crippen LogP contribution is -2.61. The standard InChI is InChI=1S/C71H130N26O21S/c1-7-37(5)55(97-64(113)46(20-15-31-85-71(81)82)92-66(115)50(33-53(102)103)95-61(110)43(17-10-12-28-73)91-65(114)49(32-36(3)4)94-57(106)40(75)34-98)67(116)93-47(22-25-52(100)101)62(111)88-42(16-9-11-27-72)59(108)90-45(19-14-30-84-70(79)80)60(109)89-44(18-13-29-83-69(77)78)58(107)86-38(6)56(105)87-48(23-26-54(104)118-68(117)41(76)35-119)63(112)96-51(99)24-21-39(74)8-2/h36-50,55,98,119H,7-35,72-76H2,1-6H3,(H,86,107)(H,87,105)(H,88,111)(H,89,109)(H,90,108)(H,91,114)(H,92,115)(H,93,116)(H,94,106)(H,95,110)(H,97,113)(H,100,101)(H,102,103)(H4,77,78,83)(H4,79,80,84)(H4,81,82,85)(H,96,99,112)/t37-,38-,39?,40-,41-,42-,43-,44-,45-,46-,47-,48-,49-,50-,55-/m0/s1. The number of aliphatic hydroxyl groups is 1. The summed E-state index contributed by atoms with van der Waals surface area (Å²) in [5.74, 6) is -21.2. The van der Waals surface area contributed by atoms with Crippen molar-refractivity contribution in [3.63, 3.8) is 0 Å². The fraction of sp³-hybridized carbons (Fsp3) is 0.718. The van der Waals surface area contributed by atoms with Gasteiger partial charge in [-0.2, -0.15) is 12.6 Å². The second kappa shape index (κ2) is 59.9. The van der Waals surface area contributed by atoms with Gasteiger partial charge < -0.3 is 142 Å². The van der Waals surface area contributed by atoms with Crippen LogP contribution in [-0.4, -0.2) is 264 Å². The van der Waals surface area contributed by atoms with Crippen LogP contribution in [-0.2, 0) is 86.2 Å². The van der Waals surface area contributed by atoms with Crippen LogP contribution in [0.5, 0.6) is 0 Å². The number of nitrogens with one attached hydrogen (secondary N) is 12. The fourth-order valence-corrected chi connectivity index (χ4v) is 11.2. The smallest absolute Gasteiger partial charge is 0.331 e. The highest BCUT2D eigenvalue weighted by Crippen LogP contribution is 2.16. The number of hydrogen-bond donors (Lipinski definition) is 27. The van der Waals surface area contributed by atoms with Gasteiger partial charge in [0.25, 0.3) is 0 Å². The van der Waals surface area contributed by atoms with E-state index in [-0.39, 0.29) is 159 Å². The second-order valence-electron chi connectivity index (χ2n) is 28.8. The van der Waals surface area contributed by atoms with Crippen molar-refractivity contribution in [3.05, 3.63) is 0 Å². The van der Waals surface area contributed by atoms with Crippen molar-refractivity contribution in [1.82, 2.24) is 63.8 Å². The van der Waals surface area contributed by atoms with Crippen molar-refractivity contribution < 1.29 is 102 Å². The number of thiol groups is 1. The molecule has 15 atom stereocenters. The number of ether oxygens (including phenoxy) is 1. The summed E-state index contributed by atoms with van der Waals surface area (Å²) in [4.78, 5) is 245. The number of carbonyl (C=O) groups is 17. The summed E-state index contributed by atoms with van der Waals surface area (Å²) >= 11 is 3.90. The minimum Gasteiger partial charge on any atom is -0.481 e. The topological polar surface area (TPSA) is 828 Å². The lowest BCUT2D eigenvalue weighted by atomic mass is 9.96. The SMILES string of the molecule is CCC(N)CCC(=O)NC(=O)[C@H](CCC(=O)OC(=O)[C@@H](N)CS)NC(=O)[C@H](C)NC(=O)[C@H](CCCN=C(N)N)NC(=O)[C@H](CCCN=C(N)N)NC(=O)[C@H](CCCCN)NC(=O)[C@H](CCC(=O)O)NC(=O)[C@@H](NC(=O)[C@H](CCCN=C(N)N)NC(=O)[C@H](CC(=O)O)NC(=O)[C@H](CCCCN)NC(=O)[C@H](CC(C)C)NC(=O)[C@@H](N)CO)[C@@H](C)CC. The monoisotopic (exact) mass is 1710 g/mol. The molecule has 0 aromatic heterocycles. The molecule has 47 nitrogen and oxygen atoms in total. The number of rotatable bonds is 62. The number of imide groups is 1. The van der Waals surface area contributed by atoms with Crippen molar-refractivity contribution in [2.45, 2.75) is 267 Å². The molecule has 0 aliphatic rings. The van der Waals surface area contributed by atoms with E-state index in [1.807, 2.05) is 0 Å². The molecule has 0 radical (unpaired) electrons. The first-order chi connectivity index (χ1) is 56.0. The number of carboxylic acids is 2. The van der Waals surface area contributed by atoms with Crippen LogP contribution in [0.2, 0.25) is 0 Å². The van der Waals surface area contributed by atoms with Gasteiger partial charge in [0.05, 0.1) is 13.0 Å². The van der Waals surface area contributed by atoms with Gasteiger partial charge >= 0.3 is 23.9 Å². The quantitative estimate of drug-likeness (QED) is 0.00671. The number of esters is 2. The minimum absolute atomic E-state index is 0.0195. The van der Waals surface area contributed by atoms with Crippen LogP contribution in [0.4, 0.5) is 0 Å². The number of aliphatic imine (C=N–C) groups is 3. The molecule has 0 aromatic rings. The van der Waals surface area contributed by atoms with E-state index < -0.39 is 230 Å². The number of guanidine groups is 3. The van der Waals surface area contributed by atoms with Gasteiger partial charge in [0.1, 0.15) is 78.5 Å². The molecule has 0 rings (SSSR count). The van der Waals surface area contributed by atoms with E-state index in [0.29, 0.717) is 12.8 Å². The summed E-state index contributed by atoms with van der Waals surface area (Å²) in [7, 11) is 0. The zero-order valence-corrected chi connectivity index (χ0v) is 69.5. The van der Waals surface area contributed by atoms with Crippen molar-refractivity contribution in [2.24, 2.45) is 89.9 Å². The van der Waals surface area contributed by atoms with E-state index in [0.717, 1.165) is 0 Å². The van der Waals surface area contributed by atoms with Crippen LogP contribution in [0, 0.1) is 11.8 Å². The summed E-state index contributed by atoms with van der Waals surface area (Å²) < 4.78 is 4.73. The van der Waals surface area contributed by atoms with E-state index in [1.165, 1.54) is 13.8 Å². The van der Waals surface area contributed by atoms with Crippen LogP contribution >= 0.6 is 12.6 Å². The maximum atomic E-state index is 14.8. The predicted octanol–water partition coefficient (Wildman–Crippen LogP) is -9.22. The maximum absolute atomic E-state index is 14.8. The Morgan fingerprint density at radius 2 is 0.765 bits per heavy atom. The van der Waals surface area contributed by atoms with Gasteiger partial charge in [0.2, 0.25) is 76.8 Å². The lowest BCUT2D eigenvalue weighted by Gasteiger charge is -2.30. The summed E-state index contributed by atoms with van der Waals surface area (Å²) in [5.41, 5.74) is 62.1. The normalized spacial score (nSPS) is 14.8. The molecule has 0 saturated heterocycles. The van der Waals surface area contributed by atoms with Crippen molar-refractivity contribution in [1.29, 1.82) is 0 Å². The first-order valence-corrected chi connectivity index (χ1v) is 40.0. The molecule has 37 N–H and O–H groups in total. The molecule has 0 heterocycles. The number of hydrogen-bond acceptors (Lipinski definition) is 28. The Morgan fingerprint density at radius 3 is 1.16 bits per heavy atom. The maximum Gasteiger partial charge on any atom is 0.331 e. The highest BCUT2D eigenvalue weighted by molar-refractivity contribution is 7.80. The van der Waals surface area contributed by atoms with Crippen LogP contribution in [0.1, 0.15) is 183 Å². The number of aliphatic hydroxyl groups excluding tert-OH is 1. The number of nitrogens with two attached hydrogens (primary N) is 11. The fourth-order valence-electron chi connectivity index (χ4n) is 11.0. The number of carboxylic acid groups (broad SMARTS) is 2. The highest BCUT2D eigenvalue weighted by atomic mass is 32.1. The van der Waals surface area contributed by atoms with Crippen molar-refractivity contribution in [2.75, 3.05) is 45.1 Å². The number of carbonyl (C=O) groups excluding carboxylic acids is 15. The van der Waals surface area contributed by atoms with Crippen molar-refractivity contribution >= 4 is 131 Å². The van der Waals surface area contributed by atoms with E-state index in [1.54, 1.807) is 27.7 Å². The average molecular weight is 1720 g/mol. The van der Waals surface area contributed by atoms with Gasteiger partial charge in [-0.05, 0) is 141 Å². The predicted molar refractivity (Wildman–Crippen MR) is 438 cm³/mol. The molecule has 0 aromatic carbocycles. The van der Waals surface area contributed by atoms with Gasteiger partial charge in [0, 0.05) is 50.7 Å². The van der Waals surface area contributed by atoms with Crippen LogP contribution < -0.4 is 127 Å². The first-order valence-electron chi connectivity index (χ1n) is 39.4. The number of nitrogens with zero attached hydrogens (tertiary/aromatic N) is 3. The van der Waals surface area contributed by atoms with Crippen molar-refractivity contribution in [3.8, 4) is 0 Å². The number of aliphatic carboxylic acids is 2. The zero-order valence-electron chi connectivity index (χ0n) is 68.6. The van der Waals surface area contributed by atoms with Gasteiger partial charge in [-0.15, -0.1) is 0 Å². The molecule has 0 fully saturated rings. The Labute approximate surface area is 696 Å². The third-order valence-corrected chi connectivity index (χ3v) is 18.5. The molecule has 0 aliphatic carbocycles. The molecular weight excluding hydrogens is 1590 g/mol. The molecule has 0 spiro atoms. The van der Waals surface area contributed by atoms with E-state index in [2.05, 4.69) is 91.4 Å². The van der Waals surface area contributed by atoms with Gasteiger partial charge in [-0.1, -0.05) is 41.0 Å². The Kier molecular flexibility index (Phi) is 54.5. The molecule has 48 heteroatoms. The summed E-state index contributed by atoms with van der Waals surface area (Å²) in [6.07, 6.45) is -3.55. The van der Waals surface area contributed by atoms with Crippen LogP contribution in [0.15, 0.2) is 15.0 Å². The Morgan fingerprint density at radius 1 is 0.395 bits per heavy atom. The van der Waals surface area contributed by atoms with E-state index >= 15 is 0 Å². The molecule has 0 saturated carbocycles. The molecule has 0 bridgehead atoms. The Balaban J connectivity index is 7.63. The summed E-state index contributed by atoms with van der Waals surface area (Å²) in [6.45, 7) is 8.66. The lowest BCUT2D eigenvalue weighted by molar-refractivity contribution is -0.160. The summed E-state index contributed by atoms with van der Waals surface area (Å²) in [6, 6.07) is -21.1. The highest BCUT2D eigenvalue weighted by Gasteiger charge is 2.39. The third-order valence-electron chi connectivity index (χ3n) is 18.1. The molecule has 119 heavy (non-hydrogen) atoms. The molecular formula is C71H130N26O21S. The first kappa shape index (κ1) is 108. The van der Waals surface area contributed by atoms with E-state index in [9.17, 15) is 96.8 Å². The zero-order chi connectivity index (χ0) is 90.6. The van der Waals surface area contributed by atoms with E-state index in [4.69, 9.17) is 67.8 Å². The molecule has 676 valence electrons. The Bertz CT molecular complexity index is 3420. The van der Waals surface area contributed by atoms with Crippen LogP contribution in [0.3, 0.4) is 0 Å². The molecule has 13 amide bonds. The molecule has 0 aliphatic heterocycles.